The van der Waals surface area contributed by atoms with Crippen LogP contribution in [0, 0.1) is 0 Å². The molecule has 0 fully saturated rings. The third kappa shape index (κ3) is 5.06. The number of nitrogens with zero attached hydrogens (tertiary/aromatic N) is 1. The molecule has 0 aliphatic carbocycles. The van der Waals surface area contributed by atoms with Crippen molar-refractivity contribution < 1.29 is 0 Å². The van der Waals surface area contributed by atoms with E-state index in [2.05, 4.69) is 78.4 Å². The van der Waals surface area contributed by atoms with Gasteiger partial charge in [0.2, 0.25) is 0 Å². The van der Waals surface area contributed by atoms with Crippen molar-refractivity contribution in [2.45, 2.75) is 41.5 Å². The van der Waals surface area contributed by atoms with Gasteiger partial charge in [0.25, 0.3) is 0 Å². The van der Waals surface area contributed by atoms with Gasteiger partial charge in [-0.15, -0.1) is 0 Å². The van der Waals surface area contributed by atoms with Crippen LogP contribution < -0.4 is 0 Å². The normalized spacial score (nSPS) is 10.4. The molecule has 1 aromatic heterocycles. The van der Waals surface area contributed by atoms with Gasteiger partial charge in [-0.2, -0.15) is 0 Å². The van der Waals surface area contributed by atoms with Gasteiger partial charge in [-0.1, -0.05) is 95.5 Å². The van der Waals surface area contributed by atoms with E-state index in [1.165, 1.54) is 22.0 Å². The second-order valence-corrected chi connectivity index (χ2v) is 5.87. The number of allylic oxidation sites excluding steroid dienone is 2. The maximum atomic E-state index is 4.06. The predicted molar refractivity (Wildman–Crippen MR) is 136 cm³/mol. The Balaban J connectivity index is 0.000000989. The molecule has 1 heteroatoms. The van der Waals surface area contributed by atoms with Crippen molar-refractivity contribution in [3.05, 3.63) is 90.2 Å². The first kappa shape index (κ1) is 24.0. The van der Waals surface area contributed by atoms with E-state index in [0.717, 1.165) is 16.9 Å². The summed E-state index contributed by atoms with van der Waals surface area (Å²) in [6, 6.07) is 15.0. The lowest BCUT2D eigenvalue weighted by Crippen LogP contribution is -1.98. The van der Waals surface area contributed by atoms with E-state index < -0.39 is 0 Å². The summed E-state index contributed by atoms with van der Waals surface area (Å²) in [5, 5.41) is 1.23. The van der Waals surface area contributed by atoms with Crippen LogP contribution in [0.1, 0.15) is 63.9 Å². The molecule has 0 unspecified atom stereocenters. The van der Waals surface area contributed by atoms with Gasteiger partial charge in [-0.25, -0.2) is 0 Å². The largest absolute Gasteiger partial charge is 0.309 e. The van der Waals surface area contributed by atoms with Crippen molar-refractivity contribution in [1.82, 2.24) is 4.57 Å². The molecule has 0 N–H and O–H groups in total. The molecule has 152 valence electrons. The van der Waals surface area contributed by atoms with Crippen LogP contribution in [0.3, 0.4) is 0 Å². The minimum absolute atomic E-state index is 1.10. The molecule has 1 nitrogen and oxygen atoms in total. The first-order valence-electron chi connectivity index (χ1n) is 10.5. The SMILES string of the molecule is C=Cc1cc(-n2c(C=C)c(/C=C\C)c3ccccc32)ccc1/C=C\C.CC.CC. The topological polar surface area (TPSA) is 4.93 Å². The molecular formula is C28H35N. The van der Waals surface area contributed by atoms with Crippen LogP contribution >= 0.6 is 0 Å². The lowest BCUT2D eigenvalue weighted by molar-refractivity contribution is 1.10. The number of aromatic nitrogens is 1. The lowest BCUT2D eigenvalue weighted by atomic mass is 10.1. The van der Waals surface area contributed by atoms with E-state index in [0.29, 0.717) is 0 Å². The summed E-state index contributed by atoms with van der Waals surface area (Å²) in [4.78, 5) is 0. The minimum Gasteiger partial charge on any atom is -0.309 e. The molecule has 0 radical (unpaired) electrons. The van der Waals surface area contributed by atoms with Gasteiger partial charge >= 0.3 is 0 Å². The van der Waals surface area contributed by atoms with E-state index >= 15 is 0 Å². The highest BCUT2D eigenvalue weighted by Gasteiger charge is 2.14. The Labute approximate surface area is 177 Å². The fourth-order valence-electron chi connectivity index (χ4n) is 3.32. The molecule has 29 heavy (non-hydrogen) atoms. The summed E-state index contributed by atoms with van der Waals surface area (Å²) in [5.74, 6) is 0. The lowest BCUT2D eigenvalue weighted by Gasteiger charge is -2.12. The second-order valence-electron chi connectivity index (χ2n) is 5.87. The van der Waals surface area contributed by atoms with Crippen molar-refractivity contribution in [1.29, 1.82) is 0 Å². The molecule has 0 atom stereocenters. The third-order valence-electron chi connectivity index (χ3n) is 4.37. The number of hydrogen-bond donors (Lipinski definition) is 0. The Morgan fingerprint density at radius 3 is 2.00 bits per heavy atom. The Kier molecular flexibility index (Phi) is 10.3. The van der Waals surface area contributed by atoms with E-state index in [-0.39, 0.29) is 0 Å². The fourth-order valence-corrected chi connectivity index (χ4v) is 3.32. The van der Waals surface area contributed by atoms with Crippen molar-refractivity contribution in [3.8, 4) is 5.69 Å². The van der Waals surface area contributed by atoms with Crippen LogP contribution in [0.15, 0.2) is 67.8 Å². The minimum atomic E-state index is 1.10. The van der Waals surface area contributed by atoms with Crippen LogP contribution in [-0.4, -0.2) is 4.57 Å². The van der Waals surface area contributed by atoms with Gasteiger partial charge in [0, 0.05) is 16.6 Å². The molecule has 2 aromatic carbocycles. The zero-order chi connectivity index (χ0) is 21.8. The summed E-state index contributed by atoms with van der Waals surface area (Å²) >= 11 is 0. The summed E-state index contributed by atoms with van der Waals surface area (Å²) in [6.07, 6.45) is 12.2. The number of fused-ring (bicyclic) bond motifs is 1. The van der Waals surface area contributed by atoms with Gasteiger partial charge in [-0.05, 0) is 49.2 Å². The van der Waals surface area contributed by atoms with E-state index in [4.69, 9.17) is 0 Å². The van der Waals surface area contributed by atoms with Crippen molar-refractivity contribution in [3.63, 3.8) is 0 Å². The van der Waals surface area contributed by atoms with Gasteiger partial charge < -0.3 is 4.57 Å². The molecule has 0 aliphatic heterocycles. The van der Waals surface area contributed by atoms with Crippen LogP contribution in [0.2, 0.25) is 0 Å². The quantitative estimate of drug-likeness (QED) is 0.413. The maximum Gasteiger partial charge on any atom is 0.0541 e. The Morgan fingerprint density at radius 1 is 0.759 bits per heavy atom. The summed E-state index contributed by atoms with van der Waals surface area (Å²) in [5.41, 5.74) is 6.89. The molecule has 3 aromatic rings. The van der Waals surface area contributed by atoms with Crippen LogP contribution in [0.5, 0.6) is 0 Å². The smallest absolute Gasteiger partial charge is 0.0541 e. The Morgan fingerprint density at radius 2 is 1.41 bits per heavy atom. The first-order chi connectivity index (χ1) is 14.2. The van der Waals surface area contributed by atoms with Crippen molar-refractivity contribution in [2.75, 3.05) is 0 Å². The molecule has 0 saturated heterocycles. The molecule has 0 aliphatic rings. The predicted octanol–water partition coefficient (Wildman–Crippen LogP) is 9.04. The second kappa shape index (κ2) is 12.4. The average Bonchev–Trinajstić information content (AvgIpc) is 3.11. The zero-order valence-corrected chi connectivity index (χ0v) is 18.9. The summed E-state index contributed by atoms with van der Waals surface area (Å²) < 4.78 is 2.27. The van der Waals surface area contributed by atoms with Gasteiger partial charge in [0.05, 0.1) is 11.2 Å². The molecular weight excluding hydrogens is 350 g/mol. The summed E-state index contributed by atoms with van der Waals surface area (Å²) in [6.45, 7) is 20.1. The monoisotopic (exact) mass is 385 g/mol. The number of para-hydroxylation sites is 1. The van der Waals surface area contributed by atoms with E-state index in [9.17, 15) is 0 Å². The third-order valence-corrected chi connectivity index (χ3v) is 4.37. The molecule has 0 spiro atoms. The average molecular weight is 386 g/mol. The molecule has 0 amide bonds. The number of rotatable bonds is 5. The highest BCUT2D eigenvalue weighted by Crippen LogP contribution is 2.32. The van der Waals surface area contributed by atoms with Crippen molar-refractivity contribution >= 4 is 35.2 Å². The van der Waals surface area contributed by atoms with Crippen LogP contribution in [0.25, 0.3) is 40.9 Å². The highest BCUT2D eigenvalue weighted by atomic mass is 15.0. The molecule has 0 bridgehead atoms. The van der Waals surface area contributed by atoms with Crippen LogP contribution in [-0.2, 0) is 0 Å². The molecule has 1 heterocycles. The number of benzene rings is 2. The molecule has 3 rings (SSSR count). The maximum absolute atomic E-state index is 4.06. The Hall–Kier alpha value is -3.06. The highest BCUT2D eigenvalue weighted by molar-refractivity contribution is 5.95. The van der Waals surface area contributed by atoms with Crippen LogP contribution in [0.4, 0.5) is 0 Å². The van der Waals surface area contributed by atoms with Crippen molar-refractivity contribution in [2.24, 2.45) is 0 Å². The standard InChI is InChI=1S/C24H23N.2C2H6/c1-5-11-19-15-16-20(17-18(19)7-3)25-23(8-4)21(12-6-2)22-13-9-10-14-24(22)25;2*1-2/h5-17H,3-4H2,1-2H3;2*1-2H3/b11-5-,12-6-;;. The Bertz CT molecular complexity index is 997. The first-order valence-corrected chi connectivity index (χ1v) is 10.5. The van der Waals surface area contributed by atoms with Gasteiger partial charge in [-0.3, -0.25) is 0 Å². The summed E-state index contributed by atoms with van der Waals surface area (Å²) in [7, 11) is 0. The van der Waals surface area contributed by atoms with Gasteiger partial charge in [0.1, 0.15) is 0 Å². The fraction of sp³-hybridized carbons (Fsp3) is 0.214. The van der Waals surface area contributed by atoms with Gasteiger partial charge in [0.15, 0.2) is 0 Å². The van der Waals surface area contributed by atoms with E-state index in [1.807, 2.05) is 59.8 Å². The van der Waals surface area contributed by atoms with E-state index in [1.54, 1.807) is 0 Å². The number of hydrogen-bond acceptors (Lipinski definition) is 0. The zero-order valence-electron chi connectivity index (χ0n) is 18.9. The molecule has 0 saturated carbocycles.